The summed E-state index contributed by atoms with van der Waals surface area (Å²) in [5.74, 6) is 0. The van der Waals surface area contributed by atoms with Crippen molar-refractivity contribution in [2.24, 2.45) is 0 Å². The summed E-state index contributed by atoms with van der Waals surface area (Å²) in [5.41, 5.74) is 11.4. The first kappa shape index (κ1) is 27.5. The van der Waals surface area contributed by atoms with Gasteiger partial charge < -0.3 is 13.7 Å². The third-order valence-electron chi connectivity index (χ3n) is 9.66. The minimum atomic E-state index is 0.865. The summed E-state index contributed by atoms with van der Waals surface area (Å²) in [6, 6.07) is 62.1. The van der Waals surface area contributed by atoms with Crippen molar-refractivity contribution in [3.05, 3.63) is 176 Å². The Morgan fingerprint density at radius 1 is 0.327 bits per heavy atom. The molecule has 2 aromatic heterocycles. The van der Waals surface area contributed by atoms with Gasteiger partial charge in [0.05, 0.1) is 0 Å². The monoisotopic (exact) mass is 627 g/mol. The number of para-hydroxylation sites is 2. The maximum Gasteiger partial charge on any atom is 0.137 e. The number of rotatable bonds is 5. The summed E-state index contributed by atoms with van der Waals surface area (Å²) in [7, 11) is 0. The van der Waals surface area contributed by atoms with Crippen LogP contribution >= 0.6 is 0 Å². The van der Waals surface area contributed by atoms with Crippen LogP contribution in [0.25, 0.3) is 76.9 Å². The van der Waals surface area contributed by atoms with Crippen LogP contribution in [0.1, 0.15) is 0 Å². The molecule has 3 heteroatoms. The van der Waals surface area contributed by atoms with Crippen molar-refractivity contribution in [3.8, 4) is 22.3 Å². The van der Waals surface area contributed by atoms with E-state index in [1.165, 1.54) is 21.9 Å². The molecule has 49 heavy (non-hydrogen) atoms. The lowest BCUT2D eigenvalue weighted by Gasteiger charge is -2.26. The van der Waals surface area contributed by atoms with E-state index in [2.05, 4.69) is 150 Å². The average molecular weight is 628 g/mol. The summed E-state index contributed by atoms with van der Waals surface area (Å²) in [6.07, 6.45) is 0. The fraction of sp³-hybridized carbons (Fsp3) is 0. The topological polar surface area (TPSA) is 29.5 Å². The molecule has 0 amide bonds. The highest BCUT2D eigenvalue weighted by Gasteiger charge is 2.18. The Bertz CT molecular complexity index is 2830. The van der Waals surface area contributed by atoms with E-state index >= 15 is 0 Å². The van der Waals surface area contributed by atoms with E-state index in [-0.39, 0.29) is 0 Å². The standard InChI is InChI=1S/C46H29NO2/c1-2-14-36-30(10-1)11-8-17-37(36)32-12-7-13-34(28-32)47(35-26-27-40-39-15-3-5-19-42(39)49-45(40)29-35)33-24-22-31(23-25-33)38-18-9-21-44-46(38)41-16-4-6-20-43(41)48-44/h1-29H. The van der Waals surface area contributed by atoms with E-state index in [9.17, 15) is 0 Å². The smallest absolute Gasteiger partial charge is 0.137 e. The van der Waals surface area contributed by atoms with E-state index < -0.39 is 0 Å². The Morgan fingerprint density at radius 3 is 1.80 bits per heavy atom. The molecule has 0 fully saturated rings. The van der Waals surface area contributed by atoms with Crippen molar-refractivity contribution in [1.29, 1.82) is 0 Å². The molecule has 2 heterocycles. The summed E-state index contributed by atoms with van der Waals surface area (Å²) < 4.78 is 12.6. The van der Waals surface area contributed by atoms with E-state index in [1.54, 1.807) is 0 Å². The predicted octanol–water partition coefficient (Wildman–Crippen LogP) is 13.4. The molecule has 0 saturated carbocycles. The minimum Gasteiger partial charge on any atom is -0.456 e. The third-order valence-corrected chi connectivity index (χ3v) is 9.66. The first-order valence-electron chi connectivity index (χ1n) is 16.6. The van der Waals surface area contributed by atoms with Gasteiger partial charge in [-0.05, 0) is 87.6 Å². The second-order valence-corrected chi connectivity index (χ2v) is 12.5. The largest absolute Gasteiger partial charge is 0.456 e. The molecule has 0 unspecified atom stereocenters. The zero-order valence-electron chi connectivity index (χ0n) is 26.5. The van der Waals surface area contributed by atoms with Crippen molar-refractivity contribution in [1.82, 2.24) is 0 Å². The second kappa shape index (κ2) is 11.0. The van der Waals surface area contributed by atoms with Gasteiger partial charge in [-0.2, -0.15) is 0 Å². The number of furan rings is 2. The number of benzene rings is 8. The number of hydrogen-bond acceptors (Lipinski definition) is 3. The summed E-state index contributed by atoms with van der Waals surface area (Å²) in [6.45, 7) is 0. The molecule has 0 bridgehead atoms. The van der Waals surface area contributed by atoms with Crippen molar-refractivity contribution < 1.29 is 8.83 Å². The third kappa shape index (κ3) is 4.51. The predicted molar refractivity (Wildman–Crippen MR) is 204 cm³/mol. The summed E-state index contributed by atoms with van der Waals surface area (Å²) in [5, 5.41) is 6.97. The Morgan fingerprint density at radius 2 is 0.918 bits per heavy atom. The van der Waals surface area contributed by atoms with Gasteiger partial charge in [-0.25, -0.2) is 0 Å². The number of nitrogens with zero attached hydrogens (tertiary/aromatic N) is 1. The Balaban J connectivity index is 1.14. The van der Waals surface area contributed by atoms with Crippen LogP contribution in [0, 0.1) is 0 Å². The van der Waals surface area contributed by atoms with Gasteiger partial charge in [0.15, 0.2) is 0 Å². The van der Waals surface area contributed by atoms with Crippen molar-refractivity contribution in [3.63, 3.8) is 0 Å². The lowest BCUT2D eigenvalue weighted by molar-refractivity contribution is 0.668. The molecule has 0 atom stereocenters. The van der Waals surface area contributed by atoms with Crippen LogP contribution in [0.5, 0.6) is 0 Å². The normalized spacial score (nSPS) is 11.7. The molecule has 0 aliphatic heterocycles. The molecule has 3 nitrogen and oxygen atoms in total. The van der Waals surface area contributed by atoms with Gasteiger partial charge in [-0.15, -0.1) is 0 Å². The highest BCUT2D eigenvalue weighted by Crippen LogP contribution is 2.42. The van der Waals surface area contributed by atoms with Crippen LogP contribution < -0.4 is 4.90 Å². The average Bonchev–Trinajstić information content (AvgIpc) is 3.73. The minimum absolute atomic E-state index is 0.865. The Hall–Kier alpha value is -6.58. The van der Waals surface area contributed by atoms with Crippen molar-refractivity contribution in [2.75, 3.05) is 4.90 Å². The highest BCUT2D eigenvalue weighted by molar-refractivity contribution is 6.12. The van der Waals surface area contributed by atoms with Crippen LogP contribution in [0.2, 0.25) is 0 Å². The molecular formula is C46H29NO2. The lowest BCUT2D eigenvalue weighted by atomic mass is 9.97. The molecule has 0 saturated heterocycles. The van der Waals surface area contributed by atoms with Crippen molar-refractivity contribution >= 4 is 71.7 Å². The van der Waals surface area contributed by atoms with Gasteiger partial charge in [0.1, 0.15) is 22.3 Å². The SMILES string of the molecule is c1cc(-c2cccc3ccccc23)cc(N(c2ccc(-c3cccc4oc5ccccc5c34)cc2)c2ccc3c(c2)oc2ccccc23)c1. The zero-order chi connectivity index (χ0) is 32.3. The maximum atomic E-state index is 6.37. The molecule has 10 rings (SSSR count). The van der Waals surface area contributed by atoms with Gasteiger partial charge in [-0.3, -0.25) is 0 Å². The van der Waals surface area contributed by atoms with Gasteiger partial charge >= 0.3 is 0 Å². The quantitative estimate of drug-likeness (QED) is 0.190. The van der Waals surface area contributed by atoms with E-state index in [0.29, 0.717) is 0 Å². The summed E-state index contributed by atoms with van der Waals surface area (Å²) in [4.78, 5) is 2.32. The molecule has 0 N–H and O–H groups in total. The molecular weight excluding hydrogens is 599 g/mol. The molecule has 0 spiro atoms. The maximum absolute atomic E-state index is 6.37. The van der Waals surface area contributed by atoms with Gasteiger partial charge in [0, 0.05) is 44.7 Å². The molecule has 230 valence electrons. The van der Waals surface area contributed by atoms with Gasteiger partial charge in [-0.1, -0.05) is 115 Å². The molecule has 0 aliphatic carbocycles. The van der Waals surface area contributed by atoms with Gasteiger partial charge in [0.2, 0.25) is 0 Å². The highest BCUT2D eigenvalue weighted by atomic mass is 16.3. The molecule has 8 aromatic carbocycles. The first-order valence-corrected chi connectivity index (χ1v) is 16.6. The van der Waals surface area contributed by atoms with Crippen LogP contribution in [0.3, 0.4) is 0 Å². The van der Waals surface area contributed by atoms with E-state index in [1.807, 2.05) is 30.3 Å². The first-order chi connectivity index (χ1) is 24.3. The number of fused-ring (bicyclic) bond motifs is 7. The fourth-order valence-corrected chi connectivity index (χ4v) is 7.40. The molecule has 10 aromatic rings. The number of anilines is 3. The van der Waals surface area contributed by atoms with Crippen LogP contribution in [0.15, 0.2) is 185 Å². The fourth-order valence-electron chi connectivity index (χ4n) is 7.40. The zero-order valence-corrected chi connectivity index (χ0v) is 26.5. The van der Waals surface area contributed by atoms with Crippen molar-refractivity contribution in [2.45, 2.75) is 0 Å². The second-order valence-electron chi connectivity index (χ2n) is 12.5. The number of hydrogen-bond donors (Lipinski definition) is 0. The molecule has 0 radical (unpaired) electrons. The van der Waals surface area contributed by atoms with Crippen LogP contribution in [-0.4, -0.2) is 0 Å². The van der Waals surface area contributed by atoms with E-state index in [4.69, 9.17) is 8.83 Å². The Labute approximate surface area is 282 Å². The van der Waals surface area contributed by atoms with Crippen LogP contribution in [-0.2, 0) is 0 Å². The Kier molecular flexibility index (Phi) is 6.18. The lowest BCUT2D eigenvalue weighted by Crippen LogP contribution is -2.10. The molecule has 0 aliphatic rings. The van der Waals surface area contributed by atoms with Gasteiger partial charge in [0.25, 0.3) is 0 Å². The van der Waals surface area contributed by atoms with E-state index in [0.717, 1.165) is 72.1 Å². The summed E-state index contributed by atoms with van der Waals surface area (Å²) >= 11 is 0. The van der Waals surface area contributed by atoms with Crippen LogP contribution in [0.4, 0.5) is 17.1 Å².